The van der Waals surface area contributed by atoms with Gasteiger partial charge in [0.15, 0.2) is 0 Å². The van der Waals surface area contributed by atoms with E-state index in [-0.39, 0.29) is 17.4 Å². The topological polar surface area (TPSA) is 73.5 Å². The van der Waals surface area contributed by atoms with Gasteiger partial charge in [-0.15, -0.1) is 0 Å². The third kappa shape index (κ3) is 3.19. The number of carbonyl (C=O) groups is 2. The lowest BCUT2D eigenvalue weighted by Gasteiger charge is -2.42. The van der Waals surface area contributed by atoms with Gasteiger partial charge in [-0.2, -0.15) is 0 Å². The van der Waals surface area contributed by atoms with E-state index in [9.17, 15) is 14.4 Å². The first-order chi connectivity index (χ1) is 12.9. The minimum absolute atomic E-state index is 0.0676. The van der Waals surface area contributed by atoms with Crippen molar-refractivity contribution in [3.8, 4) is 0 Å². The normalized spacial score (nSPS) is 25.9. The third-order valence-corrected chi connectivity index (χ3v) is 6.81. The minimum atomic E-state index is -0.401. The largest absolute Gasteiger partial charge is 0.342 e. The van der Waals surface area contributed by atoms with Crippen LogP contribution in [0, 0.1) is 25.2 Å². The van der Waals surface area contributed by atoms with Crippen LogP contribution in [0.1, 0.15) is 60.1 Å². The van der Waals surface area contributed by atoms with Crippen LogP contribution in [0.5, 0.6) is 0 Å². The third-order valence-electron chi connectivity index (χ3n) is 6.81. The maximum Gasteiger partial charge on any atom is 0.255 e. The van der Waals surface area contributed by atoms with Crippen LogP contribution >= 0.6 is 0 Å². The summed E-state index contributed by atoms with van der Waals surface area (Å²) in [5.41, 5.74) is 1.29. The Kier molecular flexibility index (Phi) is 4.60. The quantitative estimate of drug-likeness (QED) is 0.886. The predicted molar refractivity (Wildman–Crippen MR) is 103 cm³/mol. The number of hydrogen-bond acceptors (Lipinski definition) is 3. The summed E-state index contributed by atoms with van der Waals surface area (Å²) in [7, 11) is 0. The van der Waals surface area contributed by atoms with Gasteiger partial charge in [0.25, 0.3) is 5.91 Å². The van der Waals surface area contributed by atoms with Gasteiger partial charge in [-0.3, -0.25) is 14.4 Å². The second kappa shape index (κ2) is 6.80. The minimum Gasteiger partial charge on any atom is -0.342 e. The lowest BCUT2D eigenvalue weighted by atomic mass is 9.77. The van der Waals surface area contributed by atoms with Crippen LogP contribution in [-0.4, -0.2) is 52.8 Å². The molecule has 0 aromatic carbocycles. The molecular weight excluding hydrogens is 342 g/mol. The number of piperidine rings is 1. The number of pyridine rings is 1. The molecule has 1 spiro atoms. The molecule has 0 bridgehead atoms. The SMILES string of the molecule is Cc1cc(=O)[nH]c(C)c1C(=O)N1CC[C@@]2(CCCN(CC3CCC3)C2=O)C1. The Morgan fingerprint density at radius 2 is 1.96 bits per heavy atom. The zero-order chi connectivity index (χ0) is 19.2. The van der Waals surface area contributed by atoms with Crippen molar-refractivity contribution in [2.24, 2.45) is 11.3 Å². The van der Waals surface area contributed by atoms with Crippen molar-refractivity contribution >= 4 is 11.8 Å². The number of carbonyl (C=O) groups excluding carboxylic acids is 2. The van der Waals surface area contributed by atoms with E-state index in [2.05, 4.69) is 9.88 Å². The van der Waals surface area contributed by atoms with Crippen molar-refractivity contribution < 1.29 is 9.59 Å². The molecule has 2 saturated heterocycles. The summed E-state index contributed by atoms with van der Waals surface area (Å²) >= 11 is 0. The van der Waals surface area contributed by atoms with Gasteiger partial charge in [0.05, 0.1) is 11.0 Å². The van der Waals surface area contributed by atoms with Crippen LogP contribution in [0.4, 0.5) is 0 Å². The van der Waals surface area contributed by atoms with Crippen molar-refractivity contribution in [3.05, 3.63) is 33.2 Å². The van der Waals surface area contributed by atoms with Crippen molar-refractivity contribution in [1.82, 2.24) is 14.8 Å². The van der Waals surface area contributed by atoms with Crippen molar-refractivity contribution in [2.45, 2.75) is 52.4 Å². The Labute approximate surface area is 159 Å². The Morgan fingerprint density at radius 1 is 1.19 bits per heavy atom. The Balaban J connectivity index is 1.51. The summed E-state index contributed by atoms with van der Waals surface area (Å²) < 4.78 is 0. The number of hydrogen-bond donors (Lipinski definition) is 1. The van der Waals surface area contributed by atoms with Gasteiger partial charge in [-0.25, -0.2) is 0 Å². The van der Waals surface area contributed by atoms with Crippen LogP contribution < -0.4 is 5.56 Å². The van der Waals surface area contributed by atoms with E-state index in [0.717, 1.165) is 32.4 Å². The zero-order valence-electron chi connectivity index (χ0n) is 16.3. The van der Waals surface area contributed by atoms with Gasteiger partial charge in [0.1, 0.15) is 0 Å². The van der Waals surface area contributed by atoms with E-state index >= 15 is 0 Å². The number of nitrogens with one attached hydrogen (secondary N) is 1. The molecule has 146 valence electrons. The number of nitrogens with zero attached hydrogens (tertiary/aromatic N) is 2. The van der Waals surface area contributed by atoms with E-state index in [1.54, 1.807) is 13.8 Å². The first kappa shape index (κ1) is 18.3. The molecule has 3 aliphatic rings. The molecule has 6 nitrogen and oxygen atoms in total. The molecule has 1 aromatic heterocycles. The number of rotatable bonds is 3. The van der Waals surface area contributed by atoms with Gasteiger partial charge in [-0.1, -0.05) is 6.42 Å². The molecule has 3 heterocycles. The maximum atomic E-state index is 13.2. The highest BCUT2D eigenvalue weighted by molar-refractivity contribution is 5.97. The van der Waals surface area contributed by atoms with Crippen molar-refractivity contribution in [2.75, 3.05) is 26.2 Å². The molecule has 1 aliphatic carbocycles. The van der Waals surface area contributed by atoms with Crippen LogP contribution in [0.2, 0.25) is 0 Å². The molecule has 1 N–H and O–H groups in total. The van der Waals surface area contributed by atoms with Crippen LogP contribution in [0.15, 0.2) is 10.9 Å². The number of H-pyrrole nitrogens is 1. The molecule has 6 heteroatoms. The number of aromatic nitrogens is 1. The number of likely N-dealkylation sites (tertiary alicyclic amines) is 2. The van der Waals surface area contributed by atoms with E-state index in [1.165, 1.54) is 25.3 Å². The maximum absolute atomic E-state index is 13.2. The monoisotopic (exact) mass is 371 g/mol. The first-order valence-corrected chi connectivity index (χ1v) is 10.2. The van der Waals surface area contributed by atoms with Crippen molar-refractivity contribution in [3.63, 3.8) is 0 Å². The average Bonchev–Trinajstić information content (AvgIpc) is 2.99. The van der Waals surface area contributed by atoms with E-state index in [4.69, 9.17) is 0 Å². The second-order valence-corrected chi connectivity index (χ2v) is 8.73. The van der Waals surface area contributed by atoms with Crippen LogP contribution in [0.25, 0.3) is 0 Å². The standard InChI is InChI=1S/C21H29N3O3/c1-14-11-17(25)22-15(2)18(14)19(26)24-10-8-21(13-24)7-4-9-23(20(21)27)12-16-5-3-6-16/h11,16H,3-10,12-13H2,1-2H3,(H,22,25)/t21-/m0/s1. The second-order valence-electron chi connectivity index (χ2n) is 8.73. The molecule has 3 fully saturated rings. The van der Waals surface area contributed by atoms with Crippen LogP contribution in [0.3, 0.4) is 0 Å². The van der Waals surface area contributed by atoms with Gasteiger partial charge in [-0.05, 0) is 57.4 Å². The fourth-order valence-electron chi connectivity index (χ4n) is 5.07. The summed E-state index contributed by atoms with van der Waals surface area (Å²) in [5, 5.41) is 0. The van der Waals surface area contributed by atoms with E-state index in [1.807, 2.05) is 4.90 Å². The zero-order valence-corrected chi connectivity index (χ0v) is 16.3. The smallest absolute Gasteiger partial charge is 0.255 e. The summed E-state index contributed by atoms with van der Waals surface area (Å²) in [6.07, 6.45) is 6.42. The fourth-order valence-corrected chi connectivity index (χ4v) is 5.07. The van der Waals surface area contributed by atoms with Gasteiger partial charge in [0.2, 0.25) is 11.5 Å². The van der Waals surface area contributed by atoms with Gasteiger partial charge in [0, 0.05) is 37.9 Å². The number of aromatic amines is 1. The number of aryl methyl sites for hydroxylation is 2. The Bertz CT molecular complexity index is 800. The predicted octanol–water partition coefficient (Wildman–Crippen LogP) is 2.25. The Hall–Kier alpha value is -2.11. The Morgan fingerprint density at radius 3 is 2.63 bits per heavy atom. The summed E-state index contributed by atoms with van der Waals surface area (Å²) in [6.45, 7) is 6.44. The van der Waals surface area contributed by atoms with E-state index in [0.29, 0.717) is 35.8 Å². The highest BCUT2D eigenvalue weighted by atomic mass is 16.2. The average molecular weight is 371 g/mol. The lowest BCUT2D eigenvalue weighted by molar-refractivity contribution is -0.146. The first-order valence-electron chi connectivity index (χ1n) is 10.2. The molecular formula is C21H29N3O3. The molecule has 4 rings (SSSR count). The molecule has 1 aromatic rings. The molecule has 2 aliphatic heterocycles. The molecule has 2 amide bonds. The summed E-state index contributed by atoms with van der Waals surface area (Å²) in [6, 6.07) is 1.47. The molecule has 1 saturated carbocycles. The summed E-state index contributed by atoms with van der Waals surface area (Å²) in [4.78, 5) is 44.6. The highest BCUT2D eigenvalue weighted by Gasteiger charge is 2.50. The molecule has 0 radical (unpaired) electrons. The molecule has 0 unspecified atom stereocenters. The van der Waals surface area contributed by atoms with Gasteiger partial charge >= 0.3 is 0 Å². The van der Waals surface area contributed by atoms with Crippen molar-refractivity contribution in [1.29, 1.82) is 0 Å². The highest BCUT2D eigenvalue weighted by Crippen LogP contribution is 2.41. The van der Waals surface area contributed by atoms with E-state index < -0.39 is 5.41 Å². The fraction of sp³-hybridized carbons (Fsp3) is 0.667. The molecule has 27 heavy (non-hydrogen) atoms. The van der Waals surface area contributed by atoms with Gasteiger partial charge < -0.3 is 14.8 Å². The molecule has 1 atom stereocenters. The summed E-state index contributed by atoms with van der Waals surface area (Å²) in [5.74, 6) is 0.864. The lowest BCUT2D eigenvalue weighted by Crippen LogP contribution is -2.52. The van der Waals surface area contributed by atoms with Crippen LogP contribution in [-0.2, 0) is 4.79 Å². The number of amides is 2.